The van der Waals surface area contributed by atoms with Crippen LogP contribution in [-0.2, 0) is 9.53 Å². The number of hydrogen-bond acceptors (Lipinski definition) is 6. The third-order valence-corrected chi connectivity index (χ3v) is 4.00. The Balaban J connectivity index is 2.26. The zero-order chi connectivity index (χ0) is 18.6. The molecule has 1 amide bonds. The number of likely N-dealkylation sites (tertiary alicyclic amines) is 1. The van der Waals surface area contributed by atoms with E-state index in [-0.39, 0.29) is 24.7 Å². The van der Waals surface area contributed by atoms with Gasteiger partial charge in [-0.1, -0.05) is 0 Å². The molecule has 1 aromatic rings. The number of nitro groups is 1. The van der Waals surface area contributed by atoms with Gasteiger partial charge in [0.15, 0.2) is 0 Å². The first kappa shape index (κ1) is 18.4. The van der Waals surface area contributed by atoms with Gasteiger partial charge in [0.2, 0.25) is 0 Å². The quantitative estimate of drug-likeness (QED) is 0.486. The number of nitrogens with zero attached hydrogens (tertiary/aromatic N) is 2. The van der Waals surface area contributed by atoms with Crippen molar-refractivity contribution in [3.63, 3.8) is 0 Å². The Kier molecular flexibility index (Phi) is 5.68. The van der Waals surface area contributed by atoms with Crippen molar-refractivity contribution in [3.8, 4) is 0 Å². The van der Waals surface area contributed by atoms with Crippen LogP contribution in [0.15, 0.2) is 18.2 Å². The Labute approximate surface area is 143 Å². The molecule has 9 heteroatoms. The molecule has 0 aliphatic carbocycles. The summed E-state index contributed by atoms with van der Waals surface area (Å²) in [6, 6.07) is 3.09. The molecule has 0 radical (unpaired) electrons. The Hall–Kier alpha value is -2.97. The van der Waals surface area contributed by atoms with Crippen molar-refractivity contribution in [1.29, 1.82) is 0 Å². The minimum atomic E-state index is -1.42. The van der Waals surface area contributed by atoms with Crippen LogP contribution < -0.4 is 0 Å². The third-order valence-electron chi connectivity index (χ3n) is 4.00. The van der Waals surface area contributed by atoms with E-state index in [2.05, 4.69) is 0 Å². The number of benzene rings is 1. The highest BCUT2D eigenvalue weighted by Gasteiger charge is 2.31. The van der Waals surface area contributed by atoms with Crippen LogP contribution in [0.4, 0.5) is 5.69 Å². The molecule has 1 unspecified atom stereocenters. The van der Waals surface area contributed by atoms with Crippen molar-refractivity contribution in [1.82, 2.24) is 4.90 Å². The lowest BCUT2D eigenvalue weighted by atomic mass is 9.96. The summed E-state index contributed by atoms with van der Waals surface area (Å²) in [4.78, 5) is 47.4. The zero-order valence-electron chi connectivity index (χ0n) is 13.6. The summed E-state index contributed by atoms with van der Waals surface area (Å²) in [5, 5.41) is 20.1. The van der Waals surface area contributed by atoms with Gasteiger partial charge in [-0.15, -0.1) is 0 Å². The SMILES string of the molecule is CCOC(=O)C1CCCN(C(=O)c2ccc([N+](=O)[O-])cc2C(=O)O)C1. The molecule has 1 aromatic carbocycles. The first-order chi connectivity index (χ1) is 11.8. The van der Waals surface area contributed by atoms with Crippen molar-refractivity contribution in [2.45, 2.75) is 19.8 Å². The largest absolute Gasteiger partial charge is 0.478 e. The van der Waals surface area contributed by atoms with Crippen molar-refractivity contribution in [3.05, 3.63) is 39.4 Å². The van der Waals surface area contributed by atoms with Gasteiger partial charge in [0.25, 0.3) is 11.6 Å². The third kappa shape index (κ3) is 4.11. The molecule has 1 N–H and O–H groups in total. The number of nitro benzene ring substituents is 1. The maximum atomic E-state index is 12.7. The summed E-state index contributed by atoms with van der Waals surface area (Å²) in [5.74, 6) is -2.83. The molecule has 25 heavy (non-hydrogen) atoms. The fourth-order valence-electron chi connectivity index (χ4n) is 2.79. The number of esters is 1. The number of ether oxygens (including phenoxy) is 1. The number of piperidine rings is 1. The van der Waals surface area contributed by atoms with Crippen LogP contribution in [-0.4, -0.2) is 52.5 Å². The molecule has 1 aliphatic rings. The molecule has 0 saturated carbocycles. The number of amides is 1. The molecule has 0 bridgehead atoms. The predicted octanol–water partition coefficient (Wildman–Crippen LogP) is 1.71. The van der Waals surface area contributed by atoms with Crippen LogP contribution in [0.3, 0.4) is 0 Å². The molecular weight excluding hydrogens is 332 g/mol. The van der Waals surface area contributed by atoms with Crippen molar-refractivity contribution >= 4 is 23.5 Å². The lowest BCUT2D eigenvalue weighted by Gasteiger charge is -2.31. The van der Waals surface area contributed by atoms with E-state index in [9.17, 15) is 29.6 Å². The van der Waals surface area contributed by atoms with Crippen molar-refractivity contribution in [2.24, 2.45) is 5.92 Å². The molecule has 0 aromatic heterocycles. The van der Waals surface area contributed by atoms with Gasteiger partial charge in [-0.05, 0) is 25.8 Å². The highest BCUT2D eigenvalue weighted by molar-refractivity contribution is 6.05. The van der Waals surface area contributed by atoms with E-state index in [0.717, 1.165) is 18.2 Å². The minimum absolute atomic E-state index is 0.133. The Morgan fingerprint density at radius 1 is 1.36 bits per heavy atom. The lowest BCUT2D eigenvalue weighted by molar-refractivity contribution is -0.384. The number of rotatable bonds is 5. The lowest BCUT2D eigenvalue weighted by Crippen LogP contribution is -2.43. The van der Waals surface area contributed by atoms with Crippen molar-refractivity contribution in [2.75, 3.05) is 19.7 Å². The van der Waals surface area contributed by atoms with Crippen LogP contribution >= 0.6 is 0 Å². The van der Waals surface area contributed by atoms with Crippen molar-refractivity contribution < 1.29 is 29.2 Å². The number of hydrogen-bond donors (Lipinski definition) is 1. The monoisotopic (exact) mass is 350 g/mol. The number of carbonyl (C=O) groups excluding carboxylic acids is 2. The van der Waals surface area contributed by atoms with E-state index in [1.165, 1.54) is 4.90 Å². The maximum Gasteiger partial charge on any atom is 0.336 e. The molecule has 1 aliphatic heterocycles. The summed E-state index contributed by atoms with van der Waals surface area (Å²) in [6.45, 7) is 2.45. The summed E-state index contributed by atoms with van der Waals surface area (Å²) in [5.41, 5.74) is -0.975. The van der Waals surface area contributed by atoms with E-state index in [0.29, 0.717) is 19.4 Å². The van der Waals surface area contributed by atoms with Gasteiger partial charge >= 0.3 is 11.9 Å². The average molecular weight is 350 g/mol. The average Bonchev–Trinajstić information content (AvgIpc) is 2.60. The molecule has 1 saturated heterocycles. The minimum Gasteiger partial charge on any atom is -0.478 e. The number of carbonyl (C=O) groups is 3. The van der Waals surface area contributed by atoms with E-state index in [1.54, 1.807) is 6.92 Å². The van der Waals surface area contributed by atoms with Gasteiger partial charge in [-0.2, -0.15) is 0 Å². The molecule has 2 rings (SSSR count). The van der Waals surface area contributed by atoms with Gasteiger partial charge in [0, 0.05) is 25.2 Å². The smallest absolute Gasteiger partial charge is 0.336 e. The van der Waals surface area contributed by atoms with Gasteiger partial charge in [-0.25, -0.2) is 4.79 Å². The Morgan fingerprint density at radius 3 is 2.68 bits per heavy atom. The Bertz CT molecular complexity index is 716. The van der Waals surface area contributed by atoms with Gasteiger partial charge < -0.3 is 14.7 Å². The van der Waals surface area contributed by atoms with Gasteiger partial charge in [0.05, 0.1) is 28.6 Å². The topological polar surface area (TPSA) is 127 Å². The van der Waals surface area contributed by atoms with Crippen LogP contribution in [0.2, 0.25) is 0 Å². The standard InChI is InChI=1S/C16H18N2O7/c1-2-25-16(22)10-4-3-7-17(9-10)14(19)12-6-5-11(18(23)24)8-13(12)15(20)21/h5-6,8,10H,2-4,7,9H2,1H3,(H,20,21). The summed E-state index contributed by atoms with van der Waals surface area (Å²) in [7, 11) is 0. The van der Waals surface area contributed by atoms with Gasteiger partial charge in [-0.3, -0.25) is 19.7 Å². The molecule has 0 spiro atoms. The summed E-state index contributed by atoms with van der Waals surface area (Å²) in [6.07, 6.45) is 1.18. The highest BCUT2D eigenvalue weighted by atomic mass is 16.6. The second-order valence-electron chi connectivity index (χ2n) is 5.63. The second-order valence-corrected chi connectivity index (χ2v) is 5.63. The molecule has 1 fully saturated rings. The van der Waals surface area contributed by atoms with Crippen LogP contribution in [0.1, 0.15) is 40.5 Å². The van der Waals surface area contributed by atoms with E-state index in [4.69, 9.17) is 4.74 Å². The Morgan fingerprint density at radius 2 is 2.08 bits per heavy atom. The van der Waals surface area contributed by atoms with Crippen LogP contribution in [0.5, 0.6) is 0 Å². The van der Waals surface area contributed by atoms with E-state index in [1.807, 2.05) is 0 Å². The van der Waals surface area contributed by atoms with Crippen LogP contribution in [0.25, 0.3) is 0 Å². The fraction of sp³-hybridized carbons (Fsp3) is 0.438. The first-order valence-corrected chi connectivity index (χ1v) is 7.82. The molecule has 134 valence electrons. The molecule has 9 nitrogen and oxygen atoms in total. The number of aromatic carboxylic acids is 1. The molecule has 1 heterocycles. The normalized spacial score (nSPS) is 17.0. The predicted molar refractivity (Wildman–Crippen MR) is 85.3 cm³/mol. The summed E-state index contributed by atoms with van der Waals surface area (Å²) >= 11 is 0. The number of carboxylic acids is 1. The van der Waals surface area contributed by atoms with E-state index < -0.39 is 34.0 Å². The molecule has 1 atom stereocenters. The number of non-ortho nitro benzene ring substituents is 1. The zero-order valence-corrected chi connectivity index (χ0v) is 13.6. The first-order valence-electron chi connectivity index (χ1n) is 7.82. The fourth-order valence-corrected chi connectivity index (χ4v) is 2.79. The highest BCUT2D eigenvalue weighted by Crippen LogP contribution is 2.23. The van der Waals surface area contributed by atoms with E-state index >= 15 is 0 Å². The van der Waals surface area contributed by atoms with Crippen LogP contribution in [0, 0.1) is 16.0 Å². The summed E-state index contributed by atoms with van der Waals surface area (Å²) < 4.78 is 4.97. The second kappa shape index (κ2) is 7.73. The van der Waals surface area contributed by atoms with Gasteiger partial charge in [0.1, 0.15) is 0 Å². The maximum absolute atomic E-state index is 12.7. The number of carboxylic acid groups (broad SMARTS) is 1. The molecular formula is C16H18N2O7.